The van der Waals surface area contributed by atoms with Crippen molar-refractivity contribution < 1.29 is 4.79 Å². The molecule has 1 aliphatic carbocycles. The molecule has 0 N–H and O–H groups in total. The van der Waals surface area contributed by atoms with Gasteiger partial charge in [0, 0.05) is 38.8 Å². The van der Waals surface area contributed by atoms with Crippen molar-refractivity contribution in [2.24, 2.45) is 5.92 Å². The van der Waals surface area contributed by atoms with Gasteiger partial charge in [0.2, 0.25) is 5.95 Å². The van der Waals surface area contributed by atoms with Gasteiger partial charge in [-0.1, -0.05) is 6.92 Å². The van der Waals surface area contributed by atoms with Gasteiger partial charge in [0.15, 0.2) is 5.78 Å². The summed E-state index contributed by atoms with van der Waals surface area (Å²) in [6.07, 6.45) is 3.25. The second-order valence-corrected chi connectivity index (χ2v) is 5.76. The molecule has 5 nitrogen and oxygen atoms in total. The van der Waals surface area contributed by atoms with E-state index in [0.717, 1.165) is 49.8 Å². The van der Waals surface area contributed by atoms with E-state index in [1.165, 1.54) is 0 Å². The summed E-state index contributed by atoms with van der Waals surface area (Å²) in [6, 6.07) is 0. The third-order valence-electron chi connectivity index (χ3n) is 4.02. The Morgan fingerprint density at radius 3 is 2.68 bits per heavy atom. The number of carbonyl (C=O) groups is 1. The summed E-state index contributed by atoms with van der Waals surface area (Å²) >= 11 is 0. The van der Waals surface area contributed by atoms with Crippen LogP contribution in [0.5, 0.6) is 0 Å². The number of carbonyl (C=O) groups excluding carboxylic acids is 1. The Bertz CT molecular complexity index is 494. The normalized spacial score (nSPS) is 24.4. The van der Waals surface area contributed by atoms with Crippen molar-refractivity contribution in [3.8, 4) is 0 Å². The fourth-order valence-electron chi connectivity index (χ4n) is 2.78. The SMILES string of the molecule is C[C@@H]1CC(=O)c2cnc(N3CCN(C)CC3)nc2C1. The molecule has 0 radical (unpaired) electrons. The number of aromatic nitrogens is 2. The summed E-state index contributed by atoms with van der Waals surface area (Å²) in [7, 11) is 2.13. The lowest BCUT2D eigenvalue weighted by Gasteiger charge is -2.33. The van der Waals surface area contributed by atoms with Crippen molar-refractivity contribution in [2.75, 3.05) is 38.1 Å². The summed E-state index contributed by atoms with van der Waals surface area (Å²) in [5.41, 5.74) is 1.67. The summed E-state index contributed by atoms with van der Waals surface area (Å²) in [4.78, 5) is 25.5. The topological polar surface area (TPSA) is 49.3 Å². The average Bonchev–Trinajstić information content (AvgIpc) is 2.38. The molecule has 0 amide bonds. The number of rotatable bonds is 1. The highest BCUT2D eigenvalue weighted by Gasteiger charge is 2.25. The lowest BCUT2D eigenvalue weighted by molar-refractivity contribution is 0.0951. The standard InChI is InChI=1S/C14H20N4O/c1-10-7-12-11(13(19)8-10)9-15-14(16-12)18-5-3-17(2)4-6-18/h9-10H,3-8H2,1-2H3/t10-/m0/s1. The Morgan fingerprint density at radius 2 is 1.95 bits per heavy atom. The van der Waals surface area contributed by atoms with Crippen LogP contribution < -0.4 is 4.90 Å². The molecule has 2 aliphatic rings. The van der Waals surface area contributed by atoms with Gasteiger partial charge in [-0.15, -0.1) is 0 Å². The smallest absolute Gasteiger partial charge is 0.225 e. The summed E-state index contributed by atoms with van der Waals surface area (Å²) in [5.74, 6) is 1.38. The van der Waals surface area contributed by atoms with E-state index >= 15 is 0 Å². The lowest BCUT2D eigenvalue weighted by atomic mass is 9.88. The van der Waals surface area contributed by atoms with Crippen LogP contribution in [0.15, 0.2) is 6.20 Å². The zero-order chi connectivity index (χ0) is 13.4. The first kappa shape index (κ1) is 12.5. The van der Waals surface area contributed by atoms with Crippen LogP contribution in [-0.4, -0.2) is 53.9 Å². The van der Waals surface area contributed by atoms with Gasteiger partial charge in [-0.3, -0.25) is 4.79 Å². The van der Waals surface area contributed by atoms with Gasteiger partial charge in [0.05, 0.1) is 11.3 Å². The van der Waals surface area contributed by atoms with E-state index in [4.69, 9.17) is 0 Å². The van der Waals surface area contributed by atoms with Crippen LogP contribution in [-0.2, 0) is 6.42 Å². The Hall–Kier alpha value is -1.49. The van der Waals surface area contributed by atoms with Crippen LogP contribution in [0.4, 0.5) is 5.95 Å². The molecular weight excluding hydrogens is 240 g/mol. The monoisotopic (exact) mass is 260 g/mol. The molecule has 1 aliphatic heterocycles. The van der Waals surface area contributed by atoms with E-state index in [9.17, 15) is 4.79 Å². The van der Waals surface area contributed by atoms with Crippen LogP contribution in [0, 0.1) is 5.92 Å². The minimum absolute atomic E-state index is 0.193. The van der Waals surface area contributed by atoms with E-state index in [1.54, 1.807) is 6.20 Å². The van der Waals surface area contributed by atoms with Gasteiger partial charge < -0.3 is 9.80 Å². The van der Waals surface area contributed by atoms with Crippen LogP contribution in [0.2, 0.25) is 0 Å². The Morgan fingerprint density at radius 1 is 1.21 bits per heavy atom. The summed E-state index contributed by atoms with van der Waals surface area (Å²) in [5, 5.41) is 0. The zero-order valence-electron chi connectivity index (χ0n) is 11.6. The molecular formula is C14H20N4O. The maximum atomic E-state index is 11.9. The van der Waals surface area contributed by atoms with E-state index in [2.05, 4.69) is 33.7 Å². The second kappa shape index (κ2) is 4.89. The van der Waals surface area contributed by atoms with E-state index < -0.39 is 0 Å². The maximum absolute atomic E-state index is 11.9. The molecule has 3 rings (SSSR count). The predicted molar refractivity (Wildman–Crippen MR) is 73.6 cm³/mol. The molecule has 0 spiro atoms. The van der Waals surface area contributed by atoms with Gasteiger partial charge in [0.1, 0.15) is 0 Å². The molecule has 1 saturated heterocycles. The van der Waals surface area contributed by atoms with Gasteiger partial charge in [-0.25, -0.2) is 9.97 Å². The van der Waals surface area contributed by atoms with E-state index in [0.29, 0.717) is 12.3 Å². The maximum Gasteiger partial charge on any atom is 0.225 e. The number of likely N-dealkylation sites (N-methyl/N-ethyl adjacent to an activating group) is 1. The third-order valence-corrected chi connectivity index (χ3v) is 4.02. The van der Waals surface area contributed by atoms with Gasteiger partial charge in [0.25, 0.3) is 0 Å². The highest BCUT2D eigenvalue weighted by Crippen LogP contribution is 2.25. The molecule has 0 unspecified atom stereocenters. The van der Waals surface area contributed by atoms with Crippen molar-refractivity contribution in [3.63, 3.8) is 0 Å². The van der Waals surface area contributed by atoms with E-state index in [1.807, 2.05) is 0 Å². The Balaban J connectivity index is 1.85. The van der Waals surface area contributed by atoms with Gasteiger partial charge >= 0.3 is 0 Å². The molecule has 0 saturated carbocycles. The van der Waals surface area contributed by atoms with Crippen LogP contribution >= 0.6 is 0 Å². The summed E-state index contributed by atoms with van der Waals surface area (Å²) in [6.45, 7) is 6.10. The summed E-state index contributed by atoms with van der Waals surface area (Å²) < 4.78 is 0. The Kier molecular flexibility index (Phi) is 3.22. The second-order valence-electron chi connectivity index (χ2n) is 5.76. The number of fused-ring (bicyclic) bond motifs is 1. The first-order valence-corrected chi connectivity index (χ1v) is 6.96. The molecule has 0 aromatic carbocycles. The third kappa shape index (κ3) is 2.47. The first-order chi connectivity index (χ1) is 9.13. The highest BCUT2D eigenvalue weighted by atomic mass is 16.1. The molecule has 0 bridgehead atoms. The molecule has 19 heavy (non-hydrogen) atoms. The fraction of sp³-hybridized carbons (Fsp3) is 0.643. The molecule has 102 valence electrons. The molecule has 1 aromatic rings. The number of hydrogen-bond donors (Lipinski definition) is 0. The lowest BCUT2D eigenvalue weighted by Crippen LogP contribution is -2.45. The van der Waals surface area contributed by atoms with Crippen molar-refractivity contribution in [2.45, 2.75) is 19.8 Å². The molecule has 1 fully saturated rings. The quantitative estimate of drug-likeness (QED) is 0.754. The number of ketones is 1. The predicted octanol–water partition coefficient (Wildman–Crippen LogP) is 0.993. The minimum Gasteiger partial charge on any atom is -0.338 e. The van der Waals surface area contributed by atoms with Crippen molar-refractivity contribution in [1.29, 1.82) is 0 Å². The van der Waals surface area contributed by atoms with Gasteiger partial charge in [-0.05, 0) is 19.4 Å². The zero-order valence-corrected chi connectivity index (χ0v) is 11.6. The number of Topliss-reactive ketones (excluding diaryl/α,β-unsaturated/α-hetero) is 1. The molecule has 5 heteroatoms. The van der Waals surface area contributed by atoms with Crippen LogP contribution in [0.3, 0.4) is 0 Å². The fourth-order valence-corrected chi connectivity index (χ4v) is 2.78. The van der Waals surface area contributed by atoms with Crippen LogP contribution in [0.25, 0.3) is 0 Å². The average molecular weight is 260 g/mol. The minimum atomic E-state index is 0.193. The number of hydrogen-bond acceptors (Lipinski definition) is 5. The number of anilines is 1. The highest BCUT2D eigenvalue weighted by molar-refractivity contribution is 5.98. The molecule has 2 heterocycles. The largest absolute Gasteiger partial charge is 0.338 e. The first-order valence-electron chi connectivity index (χ1n) is 6.96. The van der Waals surface area contributed by atoms with Crippen molar-refractivity contribution >= 4 is 11.7 Å². The number of piperazine rings is 1. The molecule has 1 aromatic heterocycles. The van der Waals surface area contributed by atoms with Crippen LogP contribution in [0.1, 0.15) is 29.4 Å². The Labute approximate surface area is 113 Å². The molecule has 1 atom stereocenters. The van der Waals surface area contributed by atoms with Crippen molar-refractivity contribution in [3.05, 3.63) is 17.5 Å². The van der Waals surface area contributed by atoms with Crippen molar-refractivity contribution in [1.82, 2.24) is 14.9 Å². The van der Waals surface area contributed by atoms with E-state index in [-0.39, 0.29) is 5.78 Å². The van der Waals surface area contributed by atoms with Gasteiger partial charge in [-0.2, -0.15) is 0 Å². The number of nitrogens with zero attached hydrogens (tertiary/aromatic N) is 4.